The van der Waals surface area contributed by atoms with Crippen LogP contribution in [0.25, 0.3) is 10.9 Å². The number of nitrogens with zero attached hydrogens (tertiary/aromatic N) is 4. The van der Waals surface area contributed by atoms with E-state index in [9.17, 15) is 4.79 Å². The molecule has 132 valence electrons. The fourth-order valence-electron chi connectivity index (χ4n) is 3.14. The summed E-state index contributed by atoms with van der Waals surface area (Å²) in [6.45, 7) is 2.80. The zero-order valence-corrected chi connectivity index (χ0v) is 16.2. The number of pyridine rings is 2. The fraction of sp³-hybridized carbons (Fsp3) is 0.211. The number of halogens is 2. The molecule has 1 aliphatic heterocycles. The number of carbonyl (C=O) groups excluding carboxylic acids is 1. The van der Waals surface area contributed by atoms with Crippen molar-refractivity contribution in [1.29, 1.82) is 0 Å². The monoisotopic (exact) mass is 430 g/mol. The lowest BCUT2D eigenvalue weighted by Crippen LogP contribution is -2.49. The van der Waals surface area contributed by atoms with Gasteiger partial charge >= 0.3 is 0 Å². The Morgan fingerprint density at radius 3 is 2.50 bits per heavy atom. The molecule has 0 saturated carbocycles. The molecule has 0 N–H and O–H groups in total. The average Bonchev–Trinajstić information content (AvgIpc) is 2.68. The van der Waals surface area contributed by atoms with Crippen molar-refractivity contribution in [3.05, 3.63) is 63.9 Å². The summed E-state index contributed by atoms with van der Waals surface area (Å²) < 4.78 is 0.938. The molecule has 1 aliphatic rings. The lowest BCUT2D eigenvalue weighted by Gasteiger charge is -2.35. The van der Waals surface area contributed by atoms with Crippen molar-refractivity contribution in [3.8, 4) is 0 Å². The molecule has 3 aromatic rings. The molecule has 3 heterocycles. The number of fused-ring (bicyclic) bond motifs is 1. The number of hydrogen-bond donors (Lipinski definition) is 0. The Morgan fingerprint density at radius 2 is 1.77 bits per heavy atom. The van der Waals surface area contributed by atoms with Crippen molar-refractivity contribution < 1.29 is 4.79 Å². The van der Waals surface area contributed by atoms with Crippen molar-refractivity contribution in [3.63, 3.8) is 0 Å². The first-order valence-electron chi connectivity index (χ1n) is 8.32. The predicted octanol–water partition coefficient (Wildman–Crippen LogP) is 4.01. The number of piperazine rings is 1. The molecule has 0 radical (unpaired) electrons. The zero-order valence-electron chi connectivity index (χ0n) is 13.9. The Labute approximate surface area is 164 Å². The minimum atomic E-state index is 0.0476. The van der Waals surface area contributed by atoms with Crippen LogP contribution in [0.5, 0.6) is 0 Å². The van der Waals surface area contributed by atoms with Gasteiger partial charge in [0.05, 0.1) is 10.5 Å². The normalized spacial score (nSPS) is 14.7. The fourth-order valence-corrected chi connectivity index (χ4v) is 4.02. The number of rotatable bonds is 2. The first-order valence-corrected chi connectivity index (χ1v) is 9.49. The Hall–Kier alpha value is -2.18. The van der Waals surface area contributed by atoms with Crippen LogP contribution in [-0.4, -0.2) is 47.0 Å². The SMILES string of the molecule is O=C(c1ccncc1)N1CCN(c2ccc3cc(Br)cc(Cl)c3n2)CC1. The predicted molar refractivity (Wildman–Crippen MR) is 107 cm³/mol. The van der Waals surface area contributed by atoms with Gasteiger partial charge in [-0.3, -0.25) is 9.78 Å². The minimum absolute atomic E-state index is 0.0476. The van der Waals surface area contributed by atoms with E-state index in [-0.39, 0.29) is 5.91 Å². The Kier molecular flexibility index (Phi) is 4.78. The average molecular weight is 432 g/mol. The van der Waals surface area contributed by atoms with E-state index in [2.05, 4.69) is 25.8 Å². The summed E-state index contributed by atoms with van der Waals surface area (Å²) in [5, 5.41) is 1.63. The second-order valence-electron chi connectivity index (χ2n) is 6.14. The number of amides is 1. The van der Waals surface area contributed by atoms with E-state index in [1.54, 1.807) is 24.5 Å². The number of carbonyl (C=O) groups is 1. The van der Waals surface area contributed by atoms with Crippen molar-refractivity contribution >= 4 is 50.2 Å². The van der Waals surface area contributed by atoms with E-state index >= 15 is 0 Å². The van der Waals surface area contributed by atoms with E-state index in [0.717, 1.165) is 34.3 Å². The molecule has 1 saturated heterocycles. The Balaban J connectivity index is 1.50. The Bertz CT molecular complexity index is 958. The van der Waals surface area contributed by atoms with Crippen LogP contribution in [0.1, 0.15) is 10.4 Å². The lowest BCUT2D eigenvalue weighted by molar-refractivity contribution is 0.0746. The van der Waals surface area contributed by atoms with Gasteiger partial charge in [-0.2, -0.15) is 0 Å². The van der Waals surface area contributed by atoms with E-state index in [0.29, 0.717) is 23.7 Å². The van der Waals surface area contributed by atoms with Crippen LogP contribution in [0, 0.1) is 0 Å². The summed E-state index contributed by atoms with van der Waals surface area (Å²) in [5.74, 6) is 0.934. The van der Waals surface area contributed by atoms with E-state index in [1.807, 2.05) is 29.2 Å². The zero-order chi connectivity index (χ0) is 18.1. The summed E-state index contributed by atoms with van der Waals surface area (Å²) in [7, 11) is 0. The lowest BCUT2D eigenvalue weighted by atomic mass is 10.2. The molecule has 0 bridgehead atoms. The molecular formula is C19H16BrClN4O. The minimum Gasteiger partial charge on any atom is -0.353 e. The van der Waals surface area contributed by atoms with Gasteiger partial charge in [0.25, 0.3) is 5.91 Å². The van der Waals surface area contributed by atoms with Crippen molar-refractivity contribution in [2.45, 2.75) is 0 Å². The van der Waals surface area contributed by atoms with Crippen LogP contribution in [-0.2, 0) is 0 Å². The van der Waals surface area contributed by atoms with Crippen LogP contribution in [0.2, 0.25) is 5.02 Å². The molecule has 0 atom stereocenters. The molecule has 7 heteroatoms. The van der Waals surface area contributed by atoms with Gasteiger partial charge in [0.15, 0.2) is 0 Å². The number of anilines is 1. The van der Waals surface area contributed by atoms with E-state index in [1.165, 1.54) is 0 Å². The van der Waals surface area contributed by atoms with Gasteiger partial charge < -0.3 is 9.80 Å². The quantitative estimate of drug-likeness (QED) is 0.615. The maximum Gasteiger partial charge on any atom is 0.254 e. The van der Waals surface area contributed by atoms with E-state index < -0.39 is 0 Å². The molecule has 4 rings (SSSR count). The summed E-state index contributed by atoms with van der Waals surface area (Å²) in [4.78, 5) is 25.3. The second kappa shape index (κ2) is 7.21. The molecule has 2 aromatic heterocycles. The molecule has 0 spiro atoms. The standard InChI is InChI=1S/C19H16BrClN4O/c20-15-11-14-1-2-17(23-18(14)16(21)12-15)24-7-9-25(10-8-24)19(26)13-3-5-22-6-4-13/h1-6,11-12H,7-10H2. The van der Waals surface area contributed by atoms with Gasteiger partial charge in [-0.1, -0.05) is 27.5 Å². The van der Waals surface area contributed by atoms with Gasteiger partial charge in [-0.05, 0) is 36.4 Å². The number of benzene rings is 1. The molecule has 1 fully saturated rings. The number of aromatic nitrogens is 2. The van der Waals surface area contributed by atoms with Gasteiger partial charge in [0.1, 0.15) is 5.82 Å². The largest absolute Gasteiger partial charge is 0.353 e. The third kappa shape index (κ3) is 3.39. The first kappa shape index (κ1) is 17.2. The maximum absolute atomic E-state index is 12.5. The van der Waals surface area contributed by atoms with Gasteiger partial charge in [0, 0.05) is 54.0 Å². The smallest absolute Gasteiger partial charge is 0.254 e. The highest BCUT2D eigenvalue weighted by atomic mass is 79.9. The summed E-state index contributed by atoms with van der Waals surface area (Å²) in [6.07, 6.45) is 3.29. The van der Waals surface area contributed by atoms with Crippen molar-refractivity contribution in [2.24, 2.45) is 0 Å². The van der Waals surface area contributed by atoms with Gasteiger partial charge in [-0.25, -0.2) is 4.98 Å². The summed E-state index contributed by atoms with van der Waals surface area (Å²) in [5.41, 5.74) is 1.47. The second-order valence-corrected chi connectivity index (χ2v) is 7.47. The van der Waals surface area contributed by atoms with E-state index in [4.69, 9.17) is 16.6 Å². The highest BCUT2D eigenvalue weighted by molar-refractivity contribution is 9.10. The summed E-state index contributed by atoms with van der Waals surface area (Å²) in [6, 6.07) is 11.4. The Morgan fingerprint density at radius 1 is 1.04 bits per heavy atom. The molecule has 26 heavy (non-hydrogen) atoms. The molecular weight excluding hydrogens is 416 g/mol. The third-order valence-corrected chi connectivity index (χ3v) is 5.26. The van der Waals surface area contributed by atoms with Crippen molar-refractivity contribution in [2.75, 3.05) is 31.1 Å². The van der Waals surface area contributed by atoms with Crippen LogP contribution in [0.15, 0.2) is 53.3 Å². The maximum atomic E-state index is 12.5. The van der Waals surface area contributed by atoms with Crippen LogP contribution in [0.3, 0.4) is 0 Å². The molecule has 0 aliphatic carbocycles. The highest BCUT2D eigenvalue weighted by Crippen LogP contribution is 2.29. The topological polar surface area (TPSA) is 49.3 Å². The summed E-state index contributed by atoms with van der Waals surface area (Å²) >= 11 is 9.79. The molecule has 1 amide bonds. The van der Waals surface area contributed by atoms with Gasteiger partial charge in [0.2, 0.25) is 0 Å². The van der Waals surface area contributed by atoms with Crippen molar-refractivity contribution in [1.82, 2.24) is 14.9 Å². The van der Waals surface area contributed by atoms with Gasteiger partial charge in [-0.15, -0.1) is 0 Å². The molecule has 1 aromatic carbocycles. The third-order valence-electron chi connectivity index (χ3n) is 4.51. The number of hydrogen-bond acceptors (Lipinski definition) is 4. The van der Waals surface area contributed by atoms with Crippen LogP contribution < -0.4 is 4.90 Å². The van der Waals surface area contributed by atoms with Crippen LogP contribution >= 0.6 is 27.5 Å². The first-order chi connectivity index (χ1) is 12.6. The molecule has 0 unspecified atom stereocenters. The molecule has 5 nitrogen and oxygen atoms in total. The highest BCUT2D eigenvalue weighted by Gasteiger charge is 2.23. The van der Waals surface area contributed by atoms with Crippen LogP contribution in [0.4, 0.5) is 5.82 Å².